The summed E-state index contributed by atoms with van der Waals surface area (Å²) in [5.41, 5.74) is 4.89. The van der Waals surface area contributed by atoms with Crippen LogP contribution in [0.5, 0.6) is 0 Å². The van der Waals surface area contributed by atoms with Gasteiger partial charge < -0.3 is 10.8 Å². The summed E-state index contributed by atoms with van der Waals surface area (Å²) >= 11 is 0. The molecule has 9 heteroatoms. The molecule has 0 radical (unpaired) electrons. The van der Waals surface area contributed by atoms with Crippen molar-refractivity contribution in [3.63, 3.8) is 0 Å². The van der Waals surface area contributed by atoms with Crippen molar-refractivity contribution in [2.24, 2.45) is 5.73 Å². The van der Waals surface area contributed by atoms with Crippen LogP contribution >= 0.6 is 0 Å². The number of nitrogens with two attached hydrogens (primary N) is 1. The van der Waals surface area contributed by atoms with Crippen molar-refractivity contribution < 1.29 is 23.1 Å². The summed E-state index contributed by atoms with van der Waals surface area (Å²) in [5, 5.41) is 8.87. The van der Waals surface area contributed by atoms with Gasteiger partial charge >= 0.3 is 5.97 Å². The number of carboxylic acid groups (broad SMARTS) is 1. The Morgan fingerprint density at radius 2 is 1.74 bits per heavy atom. The summed E-state index contributed by atoms with van der Waals surface area (Å²) in [5.74, 6) is -2.32. The first-order valence-electron chi connectivity index (χ1n) is 6.03. The lowest BCUT2D eigenvalue weighted by atomic mass is 10.2. The fourth-order valence-electron chi connectivity index (χ4n) is 1.49. The molecular weight excluding hydrogens is 274 g/mol. The molecule has 0 rings (SSSR count). The average Bonchev–Trinajstić information content (AvgIpc) is 2.26. The van der Waals surface area contributed by atoms with Crippen molar-refractivity contribution in [2.45, 2.75) is 39.2 Å². The number of aliphatic carboxylic acids is 1. The molecule has 1 atom stereocenters. The first kappa shape index (κ1) is 17.8. The van der Waals surface area contributed by atoms with Crippen LogP contribution in [0.1, 0.15) is 33.1 Å². The predicted octanol–water partition coefficient (Wildman–Crippen LogP) is -0.729. The molecule has 0 aromatic carbocycles. The normalized spacial score (nSPS) is 13.4. The molecule has 112 valence electrons. The van der Waals surface area contributed by atoms with Crippen LogP contribution in [-0.2, 0) is 19.8 Å². The Morgan fingerprint density at radius 1 is 1.26 bits per heavy atom. The third-order valence-corrected chi connectivity index (χ3v) is 3.91. The van der Waals surface area contributed by atoms with Gasteiger partial charge in [-0.1, -0.05) is 13.8 Å². The SMILES string of the molecule is CCCN(CCC)S(=O)(=O)N[C@@H](CC(N)=O)C(=O)O. The molecule has 8 nitrogen and oxygen atoms in total. The number of amides is 1. The van der Waals surface area contributed by atoms with E-state index in [1.54, 1.807) is 0 Å². The van der Waals surface area contributed by atoms with Crippen LogP contribution in [0.3, 0.4) is 0 Å². The second-order valence-corrected chi connectivity index (χ2v) is 5.79. The number of carboxylic acids is 1. The maximum absolute atomic E-state index is 12.0. The van der Waals surface area contributed by atoms with Gasteiger partial charge in [-0.3, -0.25) is 9.59 Å². The van der Waals surface area contributed by atoms with Crippen molar-refractivity contribution in [3.05, 3.63) is 0 Å². The molecule has 0 saturated heterocycles. The fourth-order valence-corrected chi connectivity index (χ4v) is 3.02. The summed E-state index contributed by atoms with van der Waals surface area (Å²) < 4.78 is 27.2. The summed E-state index contributed by atoms with van der Waals surface area (Å²) in [6, 6.07) is -1.54. The minimum atomic E-state index is -3.94. The van der Waals surface area contributed by atoms with Crippen LogP contribution in [0.2, 0.25) is 0 Å². The molecule has 0 aromatic heterocycles. The van der Waals surface area contributed by atoms with E-state index in [2.05, 4.69) is 0 Å². The topological polar surface area (TPSA) is 130 Å². The molecule has 0 bridgehead atoms. The largest absolute Gasteiger partial charge is 0.480 e. The van der Waals surface area contributed by atoms with Crippen molar-refractivity contribution in [1.82, 2.24) is 9.03 Å². The van der Waals surface area contributed by atoms with Gasteiger partial charge in [0.2, 0.25) is 5.91 Å². The predicted molar refractivity (Wildman–Crippen MR) is 69.4 cm³/mol. The zero-order chi connectivity index (χ0) is 15.1. The van der Waals surface area contributed by atoms with Crippen LogP contribution in [0.15, 0.2) is 0 Å². The van der Waals surface area contributed by atoms with E-state index in [1.807, 2.05) is 18.6 Å². The van der Waals surface area contributed by atoms with Gasteiger partial charge in [0.05, 0.1) is 6.42 Å². The molecule has 0 heterocycles. The monoisotopic (exact) mass is 295 g/mol. The lowest BCUT2D eigenvalue weighted by molar-refractivity contribution is -0.140. The van der Waals surface area contributed by atoms with Gasteiger partial charge in [0.15, 0.2) is 0 Å². The van der Waals surface area contributed by atoms with E-state index in [9.17, 15) is 18.0 Å². The molecule has 0 aromatic rings. The number of carbonyl (C=O) groups is 2. The first-order chi connectivity index (χ1) is 8.74. The van der Waals surface area contributed by atoms with Crippen molar-refractivity contribution in [1.29, 1.82) is 0 Å². The summed E-state index contributed by atoms with van der Waals surface area (Å²) in [6.45, 7) is 4.20. The molecule has 0 aliphatic rings. The molecule has 0 aliphatic heterocycles. The van der Waals surface area contributed by atoms with Gasteiger partial charge in [-0.05, 0) is 12.8 Å². The highest BCUT2D eigenvalue weighted by Crippen LogP contribution is 2.04. The number of primary amides is 1. The molecule has 0 aliphatic carbocycles. The molecular formula is C10H21N3O5S. The molecule has 0 saturated carbocycles. The molecule has 19 heavy (non-hydrogen) atoms. The smallest absolute Gasteiger partial charge is 0.322 e. The Labute approximate surface area is 113 Å². The van der Waals surface area contributed by atoms with Gasteiger partial charge in [-0.25, -0.2) is 0 Å². The summed E-state index contributed by atoms with van der Waals surface area (Å²) in [7, 11) is -3.94. The number of nitrogens with zero attached hydrogens (tertiary/aromatic N) is 1. The van der Waals surface area contributed by atoms with E-state index in [4.69, 9.17) is 10.8 Å². The van der Waals surface area contributed by atoms with Crippen molar-refractivity contribution in [3.8, 4) is 0 Å². The zero-order valence-corrected chi connectivity index (χ0v) is 11.9. The second kappa shape index (κ2) is 8.08. The molecule has 1 amide bonds. The third kappa shape index (κ3) is 6.50. The quantitative estimate of drug-likeness (QED) is 0.489. The number of nitrogens with one attached hydrogen (secondary N) is 1. The molecule has 0 fully saturated rings. The van der Waals surface area contributed by atoms with Crippen LogP contribution < -0.4 is 10.5 Å². The Morgan fingerprint density at radius 3 is 2.05 bits per heavy atom. The van der Waals surface area contributed by atoms with Gasteiger partial charge in [-0.15, -0.1) is 0 Å². The number of rotatable bonds is 10. The number of hydrogen-bond donors (Lipinski definition) is 3. The van der Waals surface area contributed by atoms with Crippen molar-refractivity contribution >= 4 is 22.1 Å². The van der Waals surface area contributed by atoms with Crippen LogP contribution in [0, 0.1) is 0 Å². The maximum Gasteiger partial charge on any atom is 0.322 e. The summed E-state index contributed by atoms with van der Waals surface area (Å²) in [6.07, 6.45) is 0.629. The Balaban J connectivity index is 4.95. The Hall–Kier alpha value is -1.19. The molecule has 4 N–H and O–H groups in total. The minimum absolute atomic E-state index is 0.284. The van der Waals surface area contributed by atoms with Gasteiger partial charge in [-0.2, -0.15) is 17.4 Å². The average molecular weight is 295 g/mol. The first-order valence-corrected chi connectivity index (χ1v) is 7.47. The van der Waals surface area contributed by atoms with Gasteiger partial charge in [0.25, 0.3) is 10.2 Å². The zero-order valence-electron chi connectivity index (χ0n) is 11.1. The van der Waals surface area contributed by atoms with E-state index in [-0.39, 0.29) is 13.1 Å². The Kier molecular flexibility index (Phi) is 7.57. The van der Waals surface area contributed by atoms with Gasteiger partial charge in [0.1, 0.15) is 6.04 Å². The van der Waals surface area contributed by atoms with E-state index in [0.29, 0.717) is 12.8 Å². The van der Waals surface area contributed by atoms with Crippen LogP contribution in [0.25, 0.3) is 0 Å². The Bertz CT molecular complexity index is 403. The lowest BCUT2D eigenvalue weighted by Gasteiger charge is -2.23. The molecule has 0 spiro atoms. The number of hydrogen-bond acceptors (Lipinski definition) is 4. The highest BCUT2D eigenvalue weighted by molar-refractivity contribution is 7.87. The van der Waals surface area contributed by atoms with Gasteiger partial charge in [0, 0.05) is 13.1 Å². The lowest BCUT2D eigenvalue weighted by Crippen LogP contribution is -2.50. The van der Waals surface area contributed by atoms with E-state index >= 15 is 0 Å². The van der Waals surface area contributed by atoms with E-state index < -0.39 is 34.5 Å². The van der Waals surface area contributed by atoms with E-state index in [1.165, 1.54) is 0 Å². The van der Waals surface area contributed by atoms with Crippen LogP contribution in [-0.4, -0.2) is 48.8 Å². The second-order valence-electron chi connectivity index (χ2n) is 4.08. The highest BCUT2D eigenvalue weighted by atomic mass is 32.2. The minimum Gasteiger partial charge on any atom is -0.480 e. The van der Waals surface area contributed by atoms with Crippen molar-refractivity contribution in [2.75, 3.05) is 13.1 Å². The van der Waals surface area contributed by atoms with E-state index in [0.717, 1.165) is 4.31 Å². The third-order valence-electron chi connectivity index (χ3n) is 2.28. The highest BCUT2D eigenvalue weighted by Gasteiger charge is 2.29. The standard InChI is InChI=1S/C10H21N3O5S/c1-3-5-13(6-4-2)19(17,18)12-8(10(15)16)7-9(11)14/h8,12H,3-7H2,1-2H3,(H2,11,14)(H,15,16)/t8-/m0/s1. The molecule has 0 unspecified atom stereocenters. The summed E-state index contributed by atoms with van der Waals surface area (Å²) in [4.78, 5) is 21.6. The maximum atomic E-state index is 12.0. The van der Waals surface area contributed by atoms with Crippen LogP contribution in [0.4, 0.5) is 0 Å². The fraction of sp³-hybridized carbons (Fsp3) is 0.800. The number of carbonyl (C=O) groups excluding carboxylic acids is 1.